The van der Waals surface area contributed by atoms with Crippen molar-refractivity contribution in [3.8, 4) is 18.1 Å². The van der Waals surface area contributed by atoms with Crippen molar-refractivity contribution < 1.29 is 14.3 Å². The van der Waals surface area contributed by atoms with Gasteiger partial charge in [0.15, 0.2) is 6.61 Å². The summed E-state index contributed by atoms with van der Waals surface area (Å²) in [5.74, 6) is 3.00. The highest BCUT2D eigenvalue weighted by Gasteiger charge is 2.07. The van der Waals surface area contributed by atoms with Gasteiger partial charge in [0.25, 0.3) is 0 Å². The molecule has 0 radical (unpaired) electrons. The quantitative estimate of drug-likeness (QED) is 0.811. The predicted molar refractivity (Wildman–Crippen MR) is 79.1 cm³/mol. The minimum Gasteiger partial charge on any atom is -0.496 e. The number of rotatable bonds is 6. The van der Waals surface area contributed by atoms with Gasteiger partial charge in [0.1, 0.15) is 11.4 Å². The number of hydrogen-bond acceptors (Lipinski definition) is 5. The Kier molecular flexibility index (Phi) is 5.37. The zero-order chi connectivity index (χ0) is 15.8. The van der Waals surface area contributed by atoms with Gasteiger partial charge in [-0.2, -0.15) is 0 Å². The van der Waals surface area contributed by atoms with Crippen molar-refractivity contribution in [2.24, 2.45) is 0 Å². The van der Waals surface area contributed by atoms with Crippen LogP contribution in [0.1, 0.15) is 11.3 Å². The largest absolute Gasteiger partial charge is 0.496 e. The van der Waals surface area contributed by atoms with Gasteiger partial charge in [0.05, 0.1) is 26.4 Å². The molecule has 1 aromatic carbocycles. The second kappa shape index (κ2) is 7.69. The summed E-state index contributed by atoms with van der Waals surface area (Å²) >= 11 is 0. The third kappa shape index (κ3) is 4.24. The Morgan fingerprint density at radius 1 is 1.45 bits per heavy atom. The highest BCUT2D eigenvalue weighted by Crippen LogP contribution is 2.17. The molecule has 1 N–H and O–H groups in total. The summed E-state index contributed by atoms with van der Waals surface area (Å²) in [5.41, 5.74) is 1.61. The lowest BCUT2D eigenvalue weighted by molar-refractivity contribution is 0.159. The zero-order valence-corrected chi connectivity index (χ0v) is 12.2. The highest BCUT2D eigenvalue weighted by molar-refractivity contribution is 5.67. The monoisotopic (exact) mass is 300 g/mol. The van der Waals surface area contributed by atoms with Crippen molar-refractivity contribution in [2.45, 2.75) is 13.1 Å². The second-order valence-corrected chi connectivity index (χ2v) is 4.35. The maximum atomic E-state index is 11.3. The number of carbonyl (C=O) groups is 1. The van der Waals surface area contributed by atoms with E-state index in [0.717, 1.165) is 11.3 Å². The number of carbonyl (C=O) groups excluding carboxylic acids is 1. The van der Waals surface area contributed by atoms with Crippen LogP contribution in [-0.2, 0) is 17.8 Å². The average Bonchev–Trinajstić information content (AvgIpc) is 2.99. The second-order valence-electron chi connectivity index (χ2n) is 4.35. The van der Waals surface area contributed by atoms with Gasteiger partial charge < -0.3 is 14.8 Å². The first kappa shape index (κ1) is 15.4. The van der Waals surface area contributed by atoms with Gasteiger partial charge in [-0.15, -0.1) is 11.5 Å². The van der Waals surface area contributed by atoms with E-state index in [1.165, 1.54) is 0 Å². The number of hydrogen-bond donors (Lipinski definition) is 1. The van der Waals surface area contributed by atoms with Crippen LogP contribution in [0.3, 0.4) is 0 Å². The Bertz CT molecular complexity index is 675. The SMILES string of the molecule is C#CCOC(=O)NCc1cn(Cc2ccccc2OC)nn1. The van der Waals surface area contributed by atoms with Crippen molar-refractivity contribution in [2.75, 3.05) is 13.7 Å². The Morgan fingerprint density at radius 2 is 2.27 bits per heavy atom. The average molecular weight is 300 g/mol. The number of nitrogens with one attached hydrogen (secondary N) is 1. The summed E-state index contributed by atoms with van der Waals surface area (Å²) in [7, 11) is 1.62. The van der Waals surface area contributed by atoms with E-state index in [2.05, 4.69) is 26.3 Å². The number of benzene rings is 1. The first-order valence-corrected chi connectivity index (χ1v) is 6.58. The van der Waals surface area contributed by atoms with Crippen molar-refractivity contribution in [3.63, 3.8) is 0 Å². The number of methoxy groups -OCH3 is 1. The minimum absolute atomic E-state index is 0.0632. The van der Waals surface area contributed by atoms with Crippen LogP contribution in [0.2, 0.25) is 0 Å². The molecule has 0 aliphatic carbocycles. The van der Waals surface area contributed by atoms with E-state index in [1.54, 1.807) is 18.0 Å². The minimum atomic E-state index is -0.586. The molecule has 7 nitrogen and oxygen atoms in total. The molecule has 2 rings (SSSR count). The third-order valence-electron chi connectivity index (χ3n) is 2.81. The fourth-order valence-corrected chi connectivity index (χ4v) is 1.83. The van der Waals surface area contributed by atoms with E-state index in [4.69, 9.17) is 11.2 Å². The molecule has 114 valence electrons. The van der Waals surface area contributed by atoms with Gasteiger partial charge in [-0.25, -0.2) is 9.48 Å². The molecule has 0 unspecified atom stereocenters. The van der Waals surface area contributed by atoms with Crippen LogP contribution in [0.25, 0.3) is 0 Å². The zero-order valence-electron chi connectivity index (χ0n) is 12.2. The first-order chi connectivity index (χ1) is 10.7. The van der Waals surface area contributed by atoms with E-state index < -0.39 is 6.09 Å². The summed E-state index contributed by atoms with van der Waals surface area (Å²) in [6.07, 6.45) is 6.15. The summed E-state index contributed by atoms with van der Waals surface area (Å²) in [6, 6.07) is 7.67. The Labute approximate surface area is 128 Å². The van der Waals surface area contributed by atoms with Crippen molar-refractivity contribution in [1.29, 1.82) is 0 Å². The number of terminal acetylenes is 1. The lowest BCUT2D eigenvalue weighted by Crippen LogP contribution is -2.24. The summed E-state index contributed by atoms with van der Waals surface area (Å²) < 4.78 is 11.6. The van der Waals surface area contributed by atoms with Crippen molar-refractivity contribution in [1.82, 2.24) is 20.3 Å². The topological polar surface area (TPSA) is 78.3 Å². The highest BCUT2D eigenvalue weighted by atomic mass is 16.5. The smallest absolute Gasteiger partial charge is 0.408 e. The number of ether oxygens (including phenoxy) is 2. The van der Waals surface area contributed by atoms with Crippen molar-refractivity contribution in [3.05, 3.63) is 41.7 Å². The molecule has 1 heterocycles. The standard InChI is InChI=1S/C15H16N4O3/c1-3-8-22-15(20)16-9-13-11-19(18-17-13)10-12-6-4-5-7-14(12)21-2/h1,4-7,11H,8-10H2,2H3,(H,16,20). The van der Waals surface area contributed by atoms with Crippen LogP contribution >= 0.6 is 0 Å². The fraction of sp³-hybridized carbons (Fsp3) is 0.267. The molecular formula is C15H16N4O3. The van der Waals surface area contributed by atoms with Gasteiger partial charge in [0, 0.05) is 5.56 Å². The molecule has 0 atom stereocenters. The molecule has 1 amide bonds. The molecule has 0 fully saturated rings. The van der Waals surface area contributed by atoms with E-state index in [9.17, 15) is 4.79 Å². The van der Waals surface area contributed by atoms with Gasteiger partial charge in [0.2, 0.25) is 0 Å². The number of amides is 1. The van der Waals surface area contributed by atoms with Gasteiger partial charge in [-0.1, -0.05) is 29.3 Å². The van der Waals surface area contributed by atoms with E-state index in [-0.39, 0.29) is 13.2 Å². The lowest BCUT2D eigenvalue weighted by atomic mass is 10.2. The molecule has 7 heteroatoms. The van der Waals surface area contributed by atoms with Crippen LogP contribution in [0.4, 0.5) is 4.79 Å². The summed E-state index contributed by atoms with van der Waals surface area (Å²) in [5, 5.41) is 10.5. The Morgan fingerprint density at radius 3 is 3.05 bits per heavy atom. The summed E-state index contributed by atoms with van der Waals surface area (Å²) in [6.45, 7) is 0.681. The first-order valence-electron chi connectivity index (χ1n) is 6.58. The molecule has 0 aliphatic rings. The molecule has 0 bridgehead atoms. The summed E-state index contributed by atoms with van der Waals surface area (Å²) in [4.78, 5) is 11.3. The lowest BCUT2D eigenvalue weighted by Gasteiger charge is -2.07. The molecule has 1 aromatic heterocycles. The van der Waals surface area contributed by atoms with Crippen LogP contribution in [0, 0.1) is 12.3 Å². The Hall–Kier alpha value is -3.01. The fourth-order valence-electron chi connectivity index (χ4n) is 1.83. The van der Waals surface area contributed by atoms with Crippen LogP contribution in [0.5, 0.6) is 5.75 Å². The number of aromatic nitrogens is 3. The third-order valence-corrected chi connectivity index (χ3v) is 2.81. The van der Waals surface area contributed by atoms with Gasteiger partial charge >= 0.3 is 6.09 Å². The Balaban J connectivity index is 1.91. The van der Waals surface area contributed by atoms with E-state index in [0.29, 0.717) is 12.2 Å². The van der Waals surface area contributed by atoms with Gasteiger partial charge in [-0.3, -0.25) is 0 Å². The number of para-hydroxylation sites is 1. The maximum absolute atomic E-state index is 11.3. The molecule has 22 heavy (non-hydrogen) atoms. The molecule has 0 aliphatic heterocycles. The number of alkyl carbamates (subject to hydrolysis) is 1. The van der Waals surface area contributed by atoms with Gasteiger partial charge in [-0.05, 0) is 6.07 Å². The predicted octanol–water partition coefficient (Wildman–Crippen LogP) is 1.19. The molecule has 2 aromatic rings. The van der Waals surface area contributed by atoms with E-state index >= 15 is 0 Å². The van der Waals surface area contributed by atoms with Crippen molar-refractivity contribution >= 4 is 6.09 Å². The van der Waals surface area contributed by atoms with Crippen LogP contribution in [-0.4, -0.2) is 34.8 Å². The normalized spacial score (nSPS) is 9.82. The van der Waals surface area contributed by atoms with E-state index in [1.807, 2.05) is 24.3 Å². The molecule has 0 spiro atoms. The van der Waals surface area contributed by atoms with Crippen LogP contribution in [0.15, 0.2) is 30.5 Å². The molecule has 0 saturated carbocycles. The number of nitrogens with zero attached hydrogens (tertiary/aromatic N) is 3. The molecule has 0 saturated heterocycles. The van der Waals surface area contributed by atoms with Crippen LogP contribution < -0.4 is 10.1 Å². The maximum Gasteiger partial charge on any atom is 0.408 e. The molecular weight excluding hydrogens is 284 g/mol.